The number of anilines is 2. The topological polar surface area (TPSA) is 74.2 Å². The molecule has 1 rings (SSSR count). The number of nitrogen functional groups attached to an aromatic ring is 2. The van der Waals surface area contributed by atoms with Crippen LogP contribution in [0.1, 0.15) is 20.8 Å². The Kier molecular flexibility index (Phi) is 2.32. The molecule has 72 valence electrons. The monoisotopic (exact) mass is 181 g/mol. The number of aromatic nitrogens is 1. The first-order valence-corrected chi connectivity index (χ1v) is 4.09. The van der Waals surface area contributed by atoms with Gasteiger partial charge in [0.25, 0.3) is 0 Å². The highest BCUT2D eigenvalue weighted by Crippen LogP contribution is 2.20. The Labute approximate surface area is 77.9 Å². The van der Waals surface area contributed by atoms with Crippen molar-refractivity contribution in [1.82, 2.24) is 4.98 Å². The molecule has 1 aromatic rings. The molecule has 0 radical (unpaired) electrons. The molecule has 0 saturated carbocycles. The van der Waals surface area contributed by atoms with Crippen molar-refractivity contribution in [3.63, 3.8) is 0 Å². The van der Waals surface area contributed by atoms with Gasteiger partial charge >= 0.3 is 0 Å². The summed E-state index contributed by atoms with van der Waals surface area (Å²) in [7, 11) is 0. The van der Waals surface area contributed by atoms with Crippen LogP contribution in [-0.4, -0.2) is 10.6 Å². The first-order chi connectivity index (χ1) is 5.88. The van der Waals surface area contributed by atoms with Gasteiger partial charge in [-0.3, -0.25) is 0 Å². The third-order valence-corrected chi connectivity index (χ3v) is 1.34. The van der Waals surface area contributed by atoms with E-state index in [0.717, 1.165) is 0 Å². The van der Waals surface area contributed by atoms with Crippen molar-refractivity contribution in [3.8, 4) is 5.88 Å². The average Bonchev–Trinajstić information content (AvgIpc) is 1.94. The normalized spacial score (nSPS) is 11.3. The van der Waals surface area contributed by atoms with E-state index in [0.29, 0.717) is 17.4 Å². The van der Waals surface area contributed by atoms with Crippen LogP contribution in [0.15, 0.2) is 12.1 Å². The van der Waals surface area contributed by atoms with Gasteiger partial charge in [0.15, 0.2) is 5.82 Å². The second kappa shape index (κ2) is 3.12. The second-order valence-electron chi connectivity index (χ2n) is 3.84. The molecule has 1 aromatic heterocycles. The maximum Gasteiger partial charge on any atom is 0.215 e. The van der Waals surface area contributed by atoms with E-state index in [9.17, 15) is 0 Å². The van der Waals surface area contributed by atoms with Crippen molar-refractivity contribution in [3.05, 3.63) is 12.1 Å². The Bertz CT molecular complexity index is 304. The number of nitrogens with two attached hydrogens (primary N) is 2. The molecule has 1 heterocycles. The fourth-order valence-corrected chi connectivity index (χ4v) is 0.838. The zero-order valence-electron chi connectivity index (χ0n) is 8.16. The van der Waals surface area contributed by atoms with Crippen molar-refractivity contribution in [2.75, 3.05) is 11.5 Å². The van der Waals surface area contributed by atoms with Crippen LogP contribution >= 0.6 is 0 Å². The Hall–Kier alpha value is -1.45. The molecule has 0 aliphatic carbocycles. The molecule has 0 aliphatic heterocycles. The Morgan fingerprint density at radius 1 is 1.23 bits per heavy atom. The van der Waals surface area contributed by atoms with E-state index in [-0.39, 0.29) is 5.60 Å². The summed E-state index contributed by atoms with van der Waals surface area (Å²) in [5.41, 5.74) is 11.2. The quantitative estimate of drug-likeness (QED) is 0.687. The van der Waals surface area contributed by atoms with Gasteiger partial charge in [0.1, 0.15) is 5.60 Å². The van der Waals surface area contributed by atoms with Crippen LogP contribution < -0.4 is 16.2 Å². The molecule has 0 aliphatic rings. The number of ether oxygens (including phenoxy) is 1. The van der Waals surface area contributed by atoms with Gasteiger partial charge in [0.05, 0.1) is 5.69 Å². The Morgan fingerprint density at radius 3 is 2.31 bits per heavy atom. The van der Waals surface area contributed by atoms with E-state index < -0.39 is 0 Å². The number of hydrogen-bond acceptors (Lipinski definition) is 4. The van der Waals surface area contributed by atoms with Crippen LogP contribution in [-0.2, 0) is 0 Å². The lowest BCUT2D eigenvalue weighted by Crippen LogP contribution is -2.23. The van der Waals surface area contributed by atoms with Crippen molar-refractivity contribution in [2.24, 2.45) is 0 Å². The van der Waals surface area contributed by atoms with Gasteiger partial charge in [-0.2, -0.15) is 4.98 Å². The molecule has 4 N–H and O–H groups in total. The van der Waals surface area contributed by atoms with Gasteiger partial charge in [-0.1, -0.05) is 0 Å². The summed E-state index contributed by atoms with van der Waals surface area (Å²) in [5.74, 6) is 0.806. The number of hydrogen-bond donors (Lipinski definition) is 2. The third-order valence-electron chi connectivity index (χ3n) is 1.34. The number of pyridine rings is 1. The van der Waals surface area contributed by atoms with Crippen molar-refractivity contribution in [1.29, 1.82) is 0 Å². The van der Waals surface area contributed by atoms with Crippen LogP contribution in [0, 0.1) is 0 Å². The van der Waals surface area contributed by atoms with E-state index in [1.807, 2.05) is 20.8 Å². The van der Waals surface area contributed by atoms with E-state index in [1.165, 1.54) is 0 Å². The Balaban J connectivity index is 2.86. The first kappa shape index (κ1) is 9.64. The lowest BCUT2D eigenvalue weighted by molar-refractivity contribution is 0.124. The fourth-order valence-electron chi connectivity index (χ4n) is 0.838. The standard InChI is InChI=1S/C9H15N3O/c1-9(2,3)13-7-5-4-6(10)8(11)12-7/h4-5H,10H2,1-3H3,(H2,11,12). The molecule has 0 unspecified atom stereocenters. The maximum atomic E-state index is 5.52. The summed E-state index contributed by atoms with van der Waals surface area (Å²) in [5, 5.41) is 0. The summed E-state index contributed by atoms with van der Waals surface area (Å²) >= 11 is 0. The molecular formula is C9H15N3O. The summed E-state index contributed by atoms with van der Waals surface area (Å²) in [4.78, 5) is 3.99. The van der Waals surface area contributed by atoms with E-state index in [2.05, 4.69) is 4.98 Å². The molecule has 0 amide bonds. The summed E-state index contributed by atoms with van der Waals surface area (Å²) in [6, 6.07) is 3.39. The lowest BCUT2D eigenvalue weighted by Gasteiger charge is -2.20. The smallest absolute Gasteiger partial charge is 0.215 e. The maximum absolute atomic E-state index is 5.52. The zero-order valence-corrected chi connectivity index (χ0v) is 8.16. The predicted octanol–water partition coefficient (Wildman–Crippen LogP) is 1.42. The van der Waals surface area contributed by atoms with Gasteiger partial charge < -0.3 is 16.2 Å². The minimum absolute atomic E-state index is 0.268. The summed E-state index contributed by atoms with van der Waals surface area (Å²) in [6.07, 6.45) is 0. The first-order valence-electron chi connectivity index (χ1n) is 4.09. The summed E-state index contributed by atoms with van der Waals surface area (Å²) < 4.78 is 5.49. The van der Waals surface area contributed by atoms with Crippen LogP contribution in [0.2, 0.25) is 0 Å². The van der Waals surface area contributed by atoms with Gasteiger partial charge in [0.2, 0.25) is 5.88 Å². The van der Waals surface area contributed by atoms with Crippen molar-refractivity contribution >= 4 is 11.5 Å². The summed E-state index contributed by atoms with van der Waals surface area (Å²) in [6.45, 7) is 5.84. The van der Waals surface area contributed by atoms with E-state index >= 15 is 0 Å². The largest absolute Gasteiger partial charge is 0.472 e. The molecule has 0 saturated heterocycles. The van der Waals surface area contributed by atoms with Gasteiger partial charge in [0, 0.05) is 6.07 Å². The van der Waals surface area contributed by atoms with Crippen LogP contribution in [0.4, 0.5) is 11.5 Å². The molecule has 0 bridgehead atoms. The number of rotatable bonds is 1. The average molecular weight is 181 g/mol. The van der Waals surface area contributed by atoms with Crippen molar-refractivity contribution in [2.45, 2.75) is 26.4 Å². The highest BCUT2D eigenvalue weighted by molar-refractivity contribution is 5.58. The highest BCUT2D eigenvalue weighted by atomic mass is 16.5. The molecule has 0 fully saturated rings. The van der Waals surface area contributed by atoms with Crippen LogP contribution in [0.5, 0.6) is 5.88 Å². The van der Waals surface area contributed by atoms with E-state index in [4.69, 9.17) is 16.2 Å². The SMILES string of the molecule is CC(C)(C)Oc1ccc(N)c(N)n1. The zero-order chi connectivity index (χ0) is 10.1. The minimum Gasteiger partial charge on any atom is -0.472 e. The predicted molar refractivity (Wildman–Crippen MR) is 53.4 cm³/mol. The molecule has 0 atom stereocenters. The van der Waals surface area contributed by atoms with E-state index in [1.54, 1.807) is 12.1 Å². The molecule has 4 heteroatoms. The van der Waals surface area contributed by atoms with Crippen LogP contribution in [0.25, 0.3) is 0 Å². The molecule has 4 nitrogen and oxygen atoms in total. The molecule has 13 heavy (non-hydrogen) atoms. The second-order valence-corrected chi connectivity index (χ2v) is 3.84. The minimum atomic E-state index is -0.268. The van der Waals surface area contributed by atoms with Gasteiger partial charge in [-0.25, -0.2) is 0 Å². The molecule has 0 aromatic carbocycles. The number of nitrogens with zero attached hydrogens (tertiary/aromatic N) is 1. The van der Waals surface area contributed by atoms with Crippen LogP contribution in [0.3, 0.4) is 0 Å². The Morgan fingerprint density at radius 2 is 1.85 bits per heavy atom. The van der Waals surface area contributed by atoms with Gasteiger partial charge in [-0.05, 0) is 26.8 Å². The fraction of sp³-hybridized carbons (Fsp3) is 0.444. The highest BCUT2D eigenvalue weighted by Gasteiger charge is 2.12. The molecule has 0 spiro atoms. The van der Waals surface area contributed by atoms with Crippen molar-refractivity contribution < 1.29 is 4.74 Å². The lowest BCUT2D eigenvalue weighted by atomic mass is 10.2. The third kappa shape index (κ3) is 2.82. The van der Waals surface area contributed by atoms with Gasteiger partial charge in [-0.15, -0.1) is 0 Å². The molecular weight excluding hydrogens is 166 g/mol.